The van der Waals surface area contributed by atoms with Crippen LogP contribution >= 0.6 is 23.2 Å². The normalized spacial score (nSPS) is 28.8. The van der Waals surface area contributed by atoms with Crippen molar-refractivity contribution in [1.29, 1.82) is 0 Å². The summed E-state index contributed by atoms with van der Waals surface area (Å²) in [5.74, 6) is -6.83. The van der Waals surface area contributed by atoms with E-state index in [2.05, 4.69) is 0 Å². The number of esters is 1. The summed E-state index contributed by atoms with van der Waals surface area (Å²) in [5, 5.41) is 0. The highest BCUT2D eigenvalue weighted by Crippen LogP contribution is 2.60. The van der Waals surface area contributed by atoms with Gasteiger partial charge in [-0.2, -0.15) is 0 Å². The fourth-order valence-corrected chi connectivity index (χ4v) is 3.21. The van der Waals surface area contributed by atoms with Gasteiger partial charge in [0.2, 0.25) is 0 Å². The number of carbonyl (C=O) groups is 1. The van der Waals surface area contributed by atoms with E-state index in [4.69, 9.17) is 27.9 Å². The molecule has 0 amide bonds. The number of hydrogen-bond acceptors (Lipinski definition) is 2. The van der Waals surface area contributed by atoms with E-state index in [1.165, 1.54) is 6.08 Å². The number of ether oxygens (including phenoxy) is 1. The molecule has 3 unspecified atom stereocenters. The first-order valence-corrected chi connectivity index (χ1v) is 8.05. The second-order valence-corrected chi connectivity index (χ2v) is 7.50. The Hall–Kier alpha value is -1.01. The van der Waals surface area contributed by atoms with Crippen LogP contribution in [0.25, 0.3) is 0 Å². The zero-order valence-electron chi connectivity index (χ0n) is 13.0. The standard InChI is InChI=1S/C16H16Cl2F4O2/c1-16(2)9(4-11(17)18)12(16)15(23)24-6-8-10(20)3-7(5-19)13(21)14(8)22/h4,7,9,12H,3,5-6H2,1-2H3. The van der Waals surface area contributed by atoms with Crippen molar-refractivity contribution in [2.45, 2.75) is 20.3 Å². The molecule has 134 valence electrons. The van der Waals surface area contributed by atoms with Crippen molar-refractivity contribution in [2.75, 3.05) is 13.3 Å². The molecule has 0 N–H and O–H groups in total. The topological polar surface area (TPSA) is 26.3 Å². The molecule has 3 atom stereocenters. The van der Waals surface area contributed by atoms with Gasteiger partial charge in [-0.05, 0) is 17.4 Å². The first-order chi connectivity index (χ1) is 11.1. The van der Waals surface area contributed by atoms with Crippen molar-refractivity contribution in [3.8, 4) is 0 Å². The smallest absolute Gasteiger partial charge is 0.310 e. The number of halogens is 6. The van der Waals surface area contributed by atoms with Crippen LogP contribution in [0.1, 0.15) is 20.3 Å². The van der Waals surface area contributed by atoms with Gasteiger partial charge in [-0.15, -0.1) is 0 Å². The average molecular weight is 387 g/mol. The Kier molecular flexibility index (Phi) is 5.70. The second kappa shape index (κ2) is 7.08. The SMILES string of the molecule is CC1(C)C(C=C(Cl)Cl)C1C(=O)OCC1=C(F)CC(CF)C(F)=C1F. The fraction of sp³-hybridized carbons (Fsp3) is 0.562. The van der Waals surface area contributed by atoms with E-state index in [-0.39, 0.29) is 10.4 Å². The Morgan fingerprint density at radius 1 is 1.33 bits per heavy atom. The van der Waals surface area contributed by atoms with Gasteiger partial charge in [0.15, 0.2) is 5.83 Å². The Morgan fingerprint density at radius 2 is 1.96 bits per heavy atom. The van der Waals surface area contributed by atoms with Gasteiger partial charge in [0, 0.05) is 12.3 Å². The fourth-order valence-electron chi connectivity index (χ4n) is 2.94. The quantitative estimate of drug-likeness (QED) is 0.461. The first-order valence-electron chi connectivity index (χ1n) is 7.29. The van der Waals surface area contributed by atoms with Crippen molar-refractivity contribution in [2.24, 2.45) is 23.2 Å². The Labute approximate surface area is 147 Å². The summed E-state index contributed by atoms with van der Waals surface area (Å²) in [5.41, 5.74) is -1.14. The van der Waals surface area contributed by atoms with Crippen LogP contribution in [0.15, 0.2) is 33.6 Å². The summed E-state index contributed by atoms with van der Waals surface area (Å²) < 4.78 is 58.6. The zero-order valence-corrected chi connectivity index (χ0v) is 14.5. The van der Waals surface area contributed by atoms with Gasteiger partial charge in [0.05, 0.1) is 18.2 Å². The molecule has 2 nitrogen and oxygen atoms in total. The van der Waals surface area contributed by atoms with E-state index in [0.29, 0.717) is 0 Å². The number of allylic oxidation sites excluding steroid dienone is 3. The van der Waals surface area contributed by atoms with Crippen LogP contribution < -0.4 is 0 Å². The molecule has 0 radical (unpaired) electrons. The maximum absolute atomic E-state index is 13.8. The predicted molar refractivity (Wildman–Crippen MR) is 83.0 cm³/mol. The van der Waals surface area contributed by atoms with E-state index < -0.39 is 66.0 Å². The van der Waals surface area contributed by atoms with Gasteiger partial charge in [-0.3, -0.25) is 9.18 Å². The van der Waals surface area contributed by atoms with Gasteiger partial charge in [-0.25, -0.2) is 13.2 Å². The molecule has 1 saturated carbocycles. The molecular formula is C16H16Cl2F4O2. The minimum Gasteiger partial charge on any atom is -0.460 e. The maximum atomic E-state index is 13.8. The molecule has 24 heavy (non-hydrogen) atoms. The lowest BCUT2D eigenvalue weighted by atomic mass is 9.94. The molecule has 0 saturated heterocycles. The highest BCUT2D eigenvalue weighted by Gasteiger charge is 2.61. The second-order valence-electron chi connectivity index (χ2n) is 6.49. The van der Waals surface area contributed by atoms with E-state index in [1.54, 1.807) is 13.8 Å². The van der Waals surface area contributed by atoms with Crippen LogP contribution in [0.4, 0.5) is 17.6 Å². The number of carbonyl (C=O) groups excluding carboxylic acids is 1. The van der Waals surface area contributed by atoms with Crippen molar-refractivity contribution in [3.05, 3.63) is 33.6 Å². The largest absolute Gasteiger partial charge is 0.460 e. The summed E-state index contributed by atoms with van der Waals surface area (Å²) in [4.78, 5) is 12.1. The minimum absolute atomic E-state index is 0.0118. The third-order valence-electron chi connectivity index (χ3n) is 4.60. The zero-order chi connectivity index (χ0) is 18.2. The highest BCUT2D eigenvalue weighted by molar-refractivity contribution is 6.55. The van der Waals surface area contributed by atoms with Gasteiger partial charge >= 0.3 is 5.97 Å². The van der Waals surface area contributed by atoms with Crippen molar-refractivity contribution in [1.82, 2.24) is 0 Å². The van der Waals surface area contributed by atoms with Gasteiger partial charge in [0.1, 0.15) is 22.8 Å². The maximum Gasteiger partial charge on any atom is 0.310 e. The van der Waals surface area contributed by atoms with Crippen LogP contribution in [-0.4, -0.2) is 19.3 Å². The number of alkyl halides is 1. The number of rotatable bonds is 5. The summed E-state index contributed by atoms with van der Waals surface area (Å²) in [6.07, 6.45) is 0.909. The van der Waals surface area contributed by atoms with E-state index in [0.717, 1.165) is 0 Å². The molecule has 8 heteroatoms. The van der Waals surface area contributed by atoms with Crippen LogP contribution in [0.5, 0.6) is 0 Å². The lowest BCUT2D eigenvalue weighted by Crippen LogP contribution is -2.18. The van der Waals surface area contributed by atoms with Crippen molar-refractivity contribution in [3.63, 3.8) is 0 Å². The minimum atomic E-state index is -1.50. The molecule has 2 aliphatic carbocycles. The molecule has 2 rings (SSSR count). The molecule has 0 aliphatic heterocycles. The molecule has 2 aliphatic rings. The van der Waals surface area contributed by atoms with Gasteiger partial charge in [-0.1, -0.05) is 37.0 Å². The summed E-state index contributed by atoms with van der Waals surface area (Å²) in [7, 11) is 0. The third-order valence-corrected chi connectivity index (χ3v) is 4.85. The monoisotopic (exact) mass is 386 g/mol. The average Bonchev–Trinajstić information content (AvgIpc) is 3.02. The van der Waals surface area contributed by atoms with Crippen molar-refractivity contribution >= 4 is 29.2 Å². The summed E-state index contributed by atoms with van der Waals surface area (Å²) >= 11 is 11.2. The molecule has 1 fully saturated rings. The summed E-state index contributed by atoms with van der Waals surface area (Å²) in [6.45, 7) is 1.64. The van der Waals surface area contributed by atoms with E-state index >= 15 is 0 Å². The van der Waals surface area contributed by atoms with E-state index in [1.807, 2.05) is 0 Å². The number of hydrogen-bond donors (Lipinski definition) is 0. The lowest BCUT2D eigenvalue weighted by molar-refractivity contribution is -0.145. The molecule has 0 heterocycles. The van der Waals surface area contributed by atoms with E-state index in [9.17, 15) is 22.4 Å². The lowest BCUT2D eigenvalue weighted by Gasteiger charge is -2.19. The van der Waals surface area contributed by atoms with Gasteiger partial charge < -0.3 is 4.74 Å². The molecule has 0 bridgehead atoms. The molecule has 0 aromatic rings. The van der Waals surface area contributed by atoms with Crippen LogP contribution in [0.3, 0.4) is 0 Å². The van der Waals surface area contributed by atoms with Crippen LogP contribution in [-0.2, 0) is 9.53 Å². The summed E-state index contributed by atoms with van der Waals surface area (Å²) in [6, 6.07) is 0. The predicted octanol–water partition coefficient (Wildman–Crippen LogP) is 5.48. The first kappa shape index (κ1) is 19.3. The Balaban J connectivity index is 2.04. The Bertz CT molecular complexity index is 636. The van der Waals surface area contributed by atoms with Crippen molar-refractivity contribution < 1.29 is 27.1 Å². The third kappa shape index (κ3) is 3.64. The molecule has 0 aromatic heterocycles. The van der Waals surface area contributed by atoms with Gasteiger partial charge in [0.25, 0.3) is 0 Å². The Morgan fingerprint density at radius 3 is 2.50 bits per heavy atom. The molecule has 0 aromatic carbocycles. The highest BCUT2D eigenvalue weighted by atomic mass is 35.5. The molecule has 0 spiro atoms. The van der Waals surface area contributed by atoms with Crippen LogP contribution in [0.2, 0.25) is 0 Å². The molecular weight excluding hydrogens is 371 g/mol. The van der Waals surface area contributed by atoms with Crippen LogP contribution in [0, 0.1) is 23.2 Å².